The van der Waals surface area contributed by atoms with Crippen molar-refractivity contribution in [2.24, 2.45) is 0 Å². The Labute approximate surface area is 226 Å². The Morgan fingerprint density at radius 1 is 0.444 bits per heavy atom. The van der Waals surface area contributed by atoms with Gasteiger partial charge in [0.25, 0.3) is 0 Å². The van der Waals surface area contributed by atoms with Crippen LogP contribution in [0.5, 0.6) is 0 Å². The monoisotopic (exact) mass is 508 g/mol. The molecule has 0 aromatic rings. The van der Waals surface area contributed by atoms with Gasteiger partial charge in [-0.1, -0.05) is 130 Å². The van der Waals surface area contributed by atoms with Crippen LogP contribution in [0, 0.1) is 0 Å². The first-order chi connectivity index (χ1) is 17.6. The Bertz CT molecular complexity index is 458. The molecule has 0 bridgehead atoms. The highest BCUT2D eigenvalue weighted by atomic mass is 16.5. The number of unbranched alkanes of at least 4 members (excludes halogenated alkanes) is 18. The van der Waals surface area contributed by atoms with E-state index < -0.39 is 0 Å². The third-order valence-electron chi connectivity index (χ3n) is 7.45. The highest BCUT2D eigenvalue weighted by Gasteiger charge is 2.14. The molecule has 0 saturated carbocycles. The van der Waals surface area contributed by atoms with Crippen LogP contribution in [-0.4, -0.2) is 17.9 Å². The third kappa shape index (κ3) is 26.2. The fourth-order valence-electron chi connectivity index (χ4n) is 4.98. The first-order valence-corrected chi connectivity index (χ1v) is 16.3. The molecule has 0 radical (unpaired) electrons. The molecule has 0 aliphatic rings. The summed E-state index contributed by atoms with van der Waals surface area (Å²) in [5, 5.41) is 0. The van der Waals surface area contributed by atoms with Crippen molar-refractivity contribution >= 4 is 11.8 Å². The van der Waals surface area contributed by atoms with Gasteiger partial charge in [-0.2, -0.15) is 0 Å². The SMILES string of the molecule is CCCCCCCCC(CCCCCCCC)OC(=O)CCCCCCCC(=O)CCCCCCC. The summed E-state index contributed by atoms with van der Waals surface area (Å²) in [7, 11) is 0. The molecule has 0 aliphatic carbocycles. The number of carbonyl (C=O) groups excluding carboxylic acids is 2. The lowest BCUT2D eigenvalue weighted by atomic mass is 10.0. The molecule has 0 amide bonds. The number of rotatable bonds is 29. The Kier molecular flexibility index (Phi) is 28.0. The number of Topliss-reactive ketones (excluding diaryl/α,β-unsaturated/α-hetero) is 1. The zero-order chi connectivity index (χ0) is 26.5. The molecule has 0 rings (SSSR count). The number of hydrogen-bond acceptors (Lipinski definition) is 3. The largest absolute Gasteiger partial charge is 0.462 e. The Balaban J connectivity index is 3.92. The molecule has 3 nitrogen and oxygen atoms in total. The lowest BCUT2D eigenvalue weighted by Gasteiger charge is -2.18. The van der Waals surface area contributed by atoms with Crippen LogP contribution >= 0.6 is 0 Å². The predicted molar refractivity (Wildman–Crippen MR) is 157 cm³/mol. The molecule has 0 spiro atoms. The second-order valence-electron chi connectivity index (χ2n) is 11.2. The number of ketones is 1. The maximum absolute atomic E-state index is 12.5. The summed E-state index contributed by atoms with van der Waals surface area (Å²) in [5.74, 6) is 0.451. The van der Waals surface area contributed by atoms with E-state index in [1.54, 1.807) is 0 Å². The summed E-state index contributed by atoms with van der Waals surface area (Å²) >= 11 is 0. The molecule has 0 aromatic heterocycles. The first-order valence-electron chi connectivity index (χ1n) is 16.3. The van der Waals surface area contributed by atoms with Gasteiger partial charge in [0.2, 0.25) is 0 Å². The number of esters is 1. The van der Waals surface area contributed by atoms with Crippen molar-refractivity contribution in [2.75, 3.05) is 0 Å². The van der Waals surface area contributed by atoms with Crippen molar-refractivity contribution in [1.29, 1.82) is 0 Å². The lowest BCUT2D eigenvalue weighted by molar-refractivity contribution is -0.150. The maximum Gasteiger partial charge on any atom is 0.306 e. The molecule has 0 unspecified atom stereocenters. The summed E-state index contributed by atoms with van der Waals surface area (Å²) in [4.78, 5) is 24.5. The van der Waals surface area contributed by atoms with E-state index in [2.05, 4.69) is 20.8 Å². The molecule has 3 heteroatoms. The molecule has 0 saturated heterocycles. The molecular formula is C33H64O3. The van der Waals surface area contributed by atoms with Gasteiger partial charge in [-0.25, -0.2) is 0 Å². The highest BCUT2D eigenvalue weighted by molar-refractivity contribution is 5.78. The average molecular weight is 509 g/mol. The van der Waals surface area contributed by atoms with E-state index in [4.69, 9.17) is 4.74 Å². The molecular weight excluding hydrogens is 444 g/mol. The van der Waals surface area contributed by atoms with Gasteiger partial charge in [0.15, 0.2) is 0 Å². The Morgan fingerprint density at radius 2 is 0.778 bits per heavy atom. The van der Waals surface area contributed by atoms with E-state index in [0.717, 1.165) is 64.2 Å². The van der Waals surface area contributed by atoms with Crippen LogP contribution in [0.2, 0.25) is 0 Å². The van der Waals surface area contributed by atoms with Gasteiger partial charge in [-0.05, 0) is 44.9 Å². The van der Waals surface area contributed by atoms with E-state index in [1.165, 1.54) is 103 Å². The summed E-state index contributed by atoms with van der Waals surface area (Å²) < 4.78 is 5.94. The lowest BCUT2D eigenvalue weighted by Crippen LogP contribution is -2.18. The summed E-state index contributed by atoms with van der Waals surface area (Å²) in [5.41, 5.74) is 0. The maximum atomic E-state index is 12.5. The summed E-state index contributed by atoms with van der Waals surface area (Å²) in [6, 6.07) is 0. The van der Waals surface area contributed by atoms with E-state index in [-0.39, 0.29) is 12.1 Å². The van der Waals surface area contributed by atoms with Crippen molar-refractivity contribution in [3.8, 4) is 0 Å². The molecule has 0 heterocycles. The van der Waals surface area contributed by atoms with E-state index in [1.807, 2.05) is 0 Å². The van der Waals surface area contributed by atoms with Gasteiger partial charge in [0.1, 0.15) is 11.9 Å². The minimum Gasteiger partial charge on any atom is -0.462 e. The van der Waals surface area contributed by atoms with Crippen LogP contribution < -0.4 is 0 Å². The Hall–Kier alpha value is -0.860. The van der Waals surface area contributed by atoms with Crippen molar-refractivity contribution < 1.29 is 14.3 Å². The van der Waals surface area contributed by atoms with Gasteiger partial charge in [-0.3, -0.25) is 9.59 Å². The minimum atomic E-state index is 0.00946. The van der Waals surface area contributed by atoms with Gasteiger partial charge >= 0.3 is 5.97 Å². The van der Waals surface area contributed by atoms with Crippen LogP contribution in [0.15, 0.2) is 0 Å². The van der Waals surface area contributed by atoms with Crippen LogP contribution in [-0.2, 0) is 14.3 Å². The highest BCUT2D eigenvalue weighted by Crippen LogP contribution is 2.18. The molecule has 214 valence electrons. The van der Waals surface area contributed by atoms with Crippen molar-refractivity contribution in [1.82, 2.24) is 0 Å². The number of ether oxygens (including phenoxy) is 1. The van der Waals surface area contributed by atoms with Crippen LogP contribution in [0.1, 0.15) is 194 Å². The topological polar surface area (TPSA) is 43.4 Å². The zero-order valence-electron chi connectivity index (χ0n) is 24.9. The van der Waals surface area contributed by atoms with Gasteiger partial charge < -0.3 is 4.74 Å². The quantitative estimate of drug-likeness (QED) is 0.0745. The van der Waals surface area contributed by atoms with Gasteiger partial charge in [0, 0.05) is 19.3 Å². The van der Waals surface area contributed by atoms with E-state index in [0.29, 0.717) is 12.2 Å². The summed E-state index contributed by atoms with van der Waals surface area (Å²) in [6.07, 6.45) is 31.1. The second-order valence-corrected chi connectivity index (χ2v) is 11.2. The molecule has 0 fully saturated rings. The molecule has 0 aromatic carbocycles. The van der Waals surface area contributed by atoms with Crippen molar-refractivity contribution in [3.05, 3.63) is 0 Å². The number of carbonyl (C=O) groups is 2. The first kappa shape index (κ1) is 35.1. The smallest absolute Gasteiger partial charge is 0.306 e. The van der Waals surface area contributed by atoms with Crippen LogP contribution in [0.25, 0.3) is 0 Å². The van der Waals surface area contributed by atoms with Crippen molar-refractivity contribution in [3.63, 3.8) is 0 Å². The minimum absolute atomic E-state index is 0.00946. The fourth-order valence-corrected chi connectivity index (χ4v) is 4.98. The predicted octanol–water partition coefficient (Wildman–Crippen LogP) is 11.1. The molecule has 36 heavy (non-hydrogen) atoms. The standard InChI is InChI=1S/C33H64O3/c1-4-7-10-13-18-23-28-32(29-24-19-14-11-8-5-2)36-33(35)30-25-20-15-17-22-27-31(34)26-21-16-12-9-6-3/h32H,4-30H2,1-3H3. The van der Waals surface area contributed by atoms with Crippen LogP contribution in [0.3, 0.4) is 0 Å². The molecule has 0 atom stereocenters. The fraction of sp³-hybridized carbons (Fsp3) is 0.939. The zero-order valence-corrected chi connectivity index (χ0v) is 24.9. The average Bonchev–Trinajstić information content (AvgIpc) is 2.87. The van der Waals surface area contributed by atoms with Crippen molar-refractivity contribution in [2.45, 2.75) is 200 Å². The van der Waals surface area contributed by atoms with E-state index in [9.17, 15) is 9.59 Å². The second kappa shape index (κ2) is 28.7. The van der Waals surface area contributed by atoms with Gasteiger partial charge in [-0.15, -0.1) is 0 Å². The molecule has 0 N–H and O–H groups in total. The summed E-state index contributed by atoms with van der Waals surface area (Å²) in [6.45, 7) is 6.74. The van der Waals surface area contributed by atoms with Gasteiger partial charge in [0.05, 0.1) is 0 Å². The van der Waals surface area contributed by atoms with E-state index >= 15 is 0 Å². The third-order valence-corrected chi connectivity index (χ3v) is 7.45. The number of hydrogen-bond donors (Lipinski definition) is 0. The molecule has 0 aliphatic heterocycles. The normalized spacial score (nSPS) is 11.3. The Morgan fingerprint density at radius 3 is 1.19 bits per heavy atom. The van der Waals surface area contributed by atoms with Crippen LogP contribution in [0.4, 0.5) is 0 Å².